The Morgan fingerprint density at radius 1 is 0.714 bits per heavy atom. The second kappa shape index (κ2) is 26.4. The van der Waals surface area contributed by atoms with Crippen molar-refractivity contribution in [3.63, 3.8) is 0 Å². The lowest BCUT2D eigenvalue weighted by Crippen LogP contribution is -2.58. The van der Waals surface area contributed by atoms with Gasteiger partial charge in [-0.2, -0.15) is 28.8 Å². The molecule has 428 valence electrons. The number of hydrogen-bond donors (Lipinski definition) is 5. The van der Waals surface area contributed by atoms with Crippen molar-refractivity contribution in [2.24, 2.45) is 0 Å². The lowest BCUT2D eigenvalue weighted by Gasteiger charge is -2.49. The zero-order chi connectivity index (χ0) is 56.5. The second-order valence-corrected chi connectivity index (χ2v) is 24.7. The van der Waals surface area contributed by atoms with Gasteiger partial charge >= 0.3 is 11.6 Å². The van der Waals surface area contributed by atoms with Gasteiger partial charge in [0.2, 0.25) is 31.9 Å². The van der Waals surface area contributed by atoms with Gasteiger partial charge in [0.1, 0.15) is 18.0 Å². The first kappa shape index (κ1) is 60.7. The van der Waals surface area contributed by atoms with Crippen LogP contribution in [0, 0.1) is 25.5 Å². The number of nitrogens with one attached hydrogen (secondary N) is 4. The number of aliphatic hydroxyl groups excluding tert-OH is 1. The molecule has 0 aromatic carbocycles. The maximum absolute atomic E-state index is 15.4. The molecule has 0 aliphatic carbocycles. The second-order valence-electron chi connectivity index (χ2n) is 20.1. The summed E-state index contributed by atoms with van der Waals surface area (Å²) in [5.41, 5.74) is 0.614. The molecule has 0 spiro atoms. The van der Waals surface area contributed by atoms with Crippen molar-refractivity contribution in [3.8, 4) is 0 Å². The highest BCUT2D eigenvalue weighted by molar-refractivity contribution is 7.89. The molecule has 0 radical (unpaired) electrons. The van der Waals surface area contributed by atoms with Crippen LogP contribution >= 0.6 is 11.6 Å². The highest BCUT2D eigenvalue weighted by Gasteiger charge is 2.46. The van der Waals surface area contributed by atoms with Crippen molar-refractivity contribution in [3.05, 3.63) is 46.5 Å². The Bertz CT molecular complexity index is 2850. The molecule has 4 bridgehead atoms. The minimum Gasteiger partial charge on any atom is -0.451 e. The number of aromatic amines is 2. The number of aryl methyl sites for hydroxylation is 2. The molecule has 4 saturated heterocycles. The maximum Gasteiger partial charge on any atom is 0.508 e. The number of rotatable bonds is 17. The molecule has 8 rings (SSSR count). The van der Waals surface area contributed by atoms with Gasteiger partial charge in [-0.25, -0.2) is 45.2 Å². The minimum atomic E-state index is -3.32. The number of anilines is 6. The molecule has 4 aliphatic rings. The van der Waals surface area contributed by atoms with Crippen LogP contribution in [0.3, 0.4) is 0 Å². The van der Waals surface area contributed by atoms with Crippen molar-refractivity contribution in [1.82, 2.24) is 48.9 Å². The van der Waals surface area contributed by atoms with E-state index in [4.69, 9.17) is 21.1 Å². The molecule has 0 amide bonds. The summed E-state index contributed by atoms with van der Waals surface area (Å²) in [6.45, 7) is 12.8. The van der Waals surface area contributed by atoms with Crippen molar-refractivity contribution < 1.29 is 54.5 Å². The van der Waals surface area contributed by atoms with Crippen LogP contribution in [0.15, 0.2) is 12.1 Å². The molecule has 4 fully saturated rings. The van der Waals surface area contributed by atoms with Crippen molar-refractivity contribution >= 4 is 78.4 Å². The molecule has 5 N–H and O–H groups in total. The van der Waals surface area contributed by atoms with Crippen molar-refractivity contribution in [2.75, 3.05) is 46.0 Å². The van der Waals surface area contributed by atoms with E-state index in [0.717, 1.165) is 49.9 Å². The standard InChI is InChI=1S/C24H36FN7O5S.C20H30FN7O3S.C4H7ClO2/c1-6-38(34,35)32-16-8-7-9-17(32)12-18(11-16)31(5)23-26-19(13-36-24(33)37-14(2)3)21(25)22(28-23)27-20-10-15(4)29-30-20;1-4-32(30,31)28-13-6-5-7-14(28)10-15(9-13)27(3)20-22-16(11-29)18(21)19(24-20)23-17-8-12(2)25-26-17;1-3(2)7-4(5)6/h10,14,16-18H,6-9,11-13H2,1-5H3,(H2,26,27,28,29,30);8,13-15,29H,4-7,9-11H2,1-3H3,(H2,22,23,24,25,26);3H,1-2H3/t16-,17+,18?;13-,14+,15?;. The van der Waals surface area contributed by atoms with Gasteiger partial charge in [-0.05, 0) is 107 Å². The molecule has 2 unspecified atom stereocenters. The van der Waals surface area contributed by atoms with Crippen molar-refractivity contribution in [1.29, 1.82) is 0 Å². The largest absolute Gasteiger partial charge is 0.508 e. The zero-order valence-electron chi connectivity index (χ0n) is 45.2. The number of piperidine rings is 4. The first-order valence-electron chi connectivity index (χ1n) is 25.8. The fourth-order valence-electron chi connectivity index (χ4n) is 10.2. The summed E-state index contributed by atoms with van der Waals surface area (Å²) < 4.78 is 99.0. The molecule has 77 heavy (non-hydrogen) atoms. The summed E-state index contributed by atoms with van der Waals surface area (Å²) in [7, 11) is -2.93. The number of aliphatic hydroxyl groups is 1. The number of aromatic nitrogens is 8. The lowest BCUT2D eigenvalue weighted by atomic mass is 9.83. The summed E-state index contributed by atoms with van der Waals surface area (Å²) in [6.07, 6.45) is 6.37. The summed E-state index contributed by atoms with van der Waals surface area (Å²) in [5.74, 6) is -0.231. The Morgan fingerprint density at radius 3 is 1.43 bits per heavy atom. The molecule has 6 atom stereocenters. The molecule has 8 heterocycles. The van der Waals surface area contributed by atoms with E-state index >= 15 is 4.39 Å². The number of hydrogen-bond acceptors (Lipinski definition) is 20. The van der Waals surface area contributed by atoms with Crippen LogP contribution in [0.1, 0.15) is 129 Å². The van der Waals surface area contributed by atoms with Gasteiger partial charge in [-0.3, -0.25) is 10.2 Å². The van der Waals surface area contributed by atoms with Crippen molar-refractivity contribution in [2.45, 2.75) is 181 Å². The third kappa shape index (κ3) is 15.6. The third-order valence-electron chi connectivity index (χ3n) is 13.7. The molecule has 29 heteroatoms. The quantitative estimate of drug-likeness (QED) is 0.0506. The maximum atomic E-state index is 15.4. The van der Waals surface area contributed by atoms with Crippen LogP contribution < -0.4 is 20.4 Å². The topological polar surface area (TPSA) is 296 Å². The summed E-state index contributed by atoms with van der Waals surface area (Å²) >= 11 is 4.81. The monoisotopic (exact) mass is 1140 g/mol. The summed E-state index contributed by atoms with van der Waals surface area (Å²) in [4.78, 5) is 42.9. The van der Waals surface area contributed by atoms with Crippen LogP contribution in [0.4, 0.5) is 53.5 Å². The Morgan fingerprint density at radius 2 is 1.10 bits per heavy atom. The van der Waals surface area contributed by atoms with E-state index in [0.29, 0.717) is 37.3 Å². The third-order valence-corrected chi connectivity index (χ3v) is 17.7. The summed E-state index contributed by atoms with van der Waals surface area (Å²) in [6, 6.07) is 3.06. The Kier molecular flexibility index (Phi) is 20.8. The molecule has 0 saturated carbocycles. The normalized spacial score (nSPS) is 21.5. The van der Waals surface area contributed by atoms with Gasteiger partial charge in [0, 0.05) is 85.5 Å². The number of nitrogens with zero attached hydrogens (tertiary/aromatic N) is 10. The SMILES string of the molecule is CC(C)OC(=O)Cl.CCS(=O)(=O)N1[C@@H]2CCC[C@H]1CC(N(C)c1nc(CO)c(F)c(Nc3cc(C)[nH]n3)n1)C2.CCS(=O)(=O)N1[C@@H]2CCC[C@H]1CC(N(C)c1nc(COC(=O)OC(C)C)c(F)c(Nc3cc(C)[nH]n3)n1)C2. The smallest absolute Gasteiger partial charge is 0.451 e. The fraction of sp³-hybridized carbons (Fsp3) is 0.667. The number of H-pyrrole nitrogens is 2. The Labute approximate surface area is 453 Å². The predicted octanol–water partition coefficient (Wildman–Crippen LogP) is 7.45. The molecular weight excluding hydrogens is 1070 g/mol. The van der Waals surface area contributed by atoms with Crippen LogP contribution in [-0.2, 0) is 47.5 Å². The van der Waals surface area contributed by atoms with E-state index in [9.17, 15) is 35.9 Å². The van der Waals surface area contributed by atoms with Gasteiger partial charge in [-0.15, -0.1) is 0 Å². The number of halogens is 3. The van der Waals surface area contributed by atoms with Gasteiger partial charge in [-0.1, -0.05) is 12.8 Å². The van der Waals surface area contributed by atoms with E-state index < -0.39 is 56.5 Å². The minimum absolute atomic E-state index is 0.00564. The van der Waals surface area contributed by atoms with Gasteiger partial charge in [0.15, 0.2) is 34.9 Å². The molecule has 4 aromatic heterocycles. The summed E-state index contributed by atoms with van der Waals surface area (Å²) in [5, 5.41) is 29.1. The Hall–Kier alpha value is -5.55. The van der Waals surface area contributed by atoms with Crippen LogP contribution in [0.2, 0.25) is 0 Å². The number of carbonyl (C=O) groups excluding carboxylic acids is 2. The van der Waals surface area contributed by atoms with Crippen LogP contribution in [-0.4, -0.2) is 157 Å². The van der Waals surface area contributed by atoms with E-state index in [1.54, 1.807) is 62.3 Å². The first-order chi connectivity index (χ1) is 36.3. The van der Waals surface area contributed by atoms with E-state index in [-0.39, 0.29) is 94.9 Å². The van der Waals surface area contributed by atoms with Gasteiger partial charge in [0.05, 0.1) is 30.3 Å². The number of carbonyl (C=O) groups is 2. The average molecular weight is 1140 g/mol. The number of sulfonamides is 2. The first-order valence-corrected chi connectivity index (χ1v) is 29.4. The van der Waals surface area contributed by atoms with Crippen LogP contribution in [0.25, 0.3) is 0 Å². The van der Waals surface area contributed by atoms with Crippen LogP contribution in [0.5, 0.6) is 0 Å². The van der Waals surface area contributed by atoms with E-state index in [1.165, 1.54) is 0 Å². The van der Waals surface area contributed by atoms with E-state index in [1.807, 2.05) is 37.7 Å². The lowest BCUT2D eigenvalue weighted by molar-refractivity contribution is 0.0284. The molecule has 24 nitrogen and oxygen atoms in total. The highest BCUT2D eigenvalue weighted by Crippen LogP contribution is 2.40. The van der Waals surface area contributed by atoms with Gasteiger partial charge < -0.3 is 39.8 Å². The highest BCUT2D eigenvalue weighted by atomic mass is 35.5. The fourth-order valence-corrected chi connectivity index (χ4v) is 13.5. The molecular formula is C48H73ClF2N14O10S2. The average Bonchev–Trinajstić information content (AvgIpc) is 3.98. The number of ether oxygens (including phenoxy) is 3. The molecule has 4 aliphatic heterocycles. The zero-order valence-corrected chi connectivity index (χ0v) is 47.6. The number of fused-ring (bicyclic) bond motifs is 4. The van der Waals surface area contributed by atoms with Gasteiger partial charge in [0.25, 0.3) is 0 Å². The van der Waals surface area contributed by atoms with E-state index in [2.05, 4.69) is 55.7 Å². The Balaban J connectivity index is 0.000000224. The molecule has 4 aromatic rings. The predicted molar refractivity (Wildman–Crippen MR) is 285 cm³/mol.